The zero-order valence-corrected chi connectivity index (χ0v) is 42.4. The Bertz CT molecular complexity index is 3010. The van der Waals surface area contributed by atoms with Gasteiger partial charge in [-0.25, -0.2) is 29.5 Å². The number of aliphatic carboxylic acids is 2. The number of aromatic nitrogens is 8. The number of aryl methyl sites for hydroxylation is 6. The smallest absolute Gasteiger partial charge is 0.328 e. The number of hydrogen-bond donors (Lipinski definition) is 10. The van der Waals surface area contributed by atoms with Crippen molar-refractivity contribution in [2.45, 2.75) is 65.5 Å². The monoisotopic (exact) mass is 1040 g/mol. The molecule has 384 valence electrons. The van der Waals surface area contributed by atoms with Gasteiger partial charge in [0.25, 0.3) is 23.6 Å². The molecule has 2 aromatic carbocycles. The summed E-state index contributed by atoms with van der Waals surface area (Å²) < 4.78 is 0. The minimum absolute atomic E-state index is 0.203. The van der Waals surface area contributed by atoms with Crippen LogP contribution in [0.5, 0.6) is 0 Å². The summed E-state index contributed by atoms with van der Waals surface area (Å²) in [7, 11) is 0. The van der Waals surface area contributed by atoms with Crippen molar-refractivity contribution in [1.29, 1.82) is 0 Å². The summed E-state index contributed by atoms with van der Waals surface area (Å²) in [6.07, 6.45) is 7.00. The van der Waals surface area contributed by atoms with Crippen LogP contribution in [-0.4, -0.2) is 124 Å². The number of H-pyrrole nitrogens is 2. The molecule has 0 spiro atoms. The standard InChI is InChI=1S/2C25H27N7O4S/c2*1-14-21(23(34)31-19(24(35)36)13-27-22(33)20-6-4-10-37-20)15(2)30-25(29-14)26-9-3-5-16-7-8-17-12-28-32-18(17)11-16/h2*4,6-8,10-12,19H,3,5,9,13H2,1-2H3,(H,27,33)(H,28,32)(H,31,34)(H,35,36)(H,26,29,30)/t2*19-/m00/s1. The second kappa shape index (κ2) is 25.1. The first-order chi connectivity index (χ1) is 35.6. The lowest BCUT2D eigenvalue weighted by Gasteiger charge is -2.17. The number of amides is 4. The zero-order valence-electron chi connectivity index (χ0n) is 40.7. The molecule has 0 radical (unpaired) electrons. The Morgan fingerprint density at radius 1 is 0.554 bits per heavy atom. The van der Waals surface area contributed by atoms with E-state index in [1.54, 1.807) is 75.1 Å². The van der Waals surface area contributed by atoms with Gasteiger partial charge in [-0.1, -0.05) is 36.4 Å². The largest absolute Gasteiger partial charge is 0.480 e. The van der Waals surface area contributed by atoms with E-state index in [9.17, 15) is 39.0 Å². The van der Waals surface area contributed by atoms with Crippen LogP contribution in [0.3, 0.4) is 0 Å². The van der Waals surface area contributed by atoms with E-state index in [1.165, 1.54) is 33.8 Å². The van der Waals surface area contributed by atoms with Gasteiger partial charge in [0.15, 0.2) is 0 Å². The van der Waals surface area contributed by atoms with Gasteiger partial charge in [0.1, 0.15) is 12.1 Å². The van der Waals surface area contributed by atoms with Gasteiger partial charge in [0, 0.05) is 37.0 Å². The molecule has 0 aliphatic carbocycles. The number of anilines is 2. The van der Waals surface area contributed by atoms with Crippen LogP contribution in [-0.2, 0) is 22.4 Å². The Morgan fingerprint density at radius 3 is 1.30 bits per heavy atom. The molecule has 0 aliphatic heterocycles. The van der Waals surface area contributed by atoms with E-state index in [1.807, 2.05) is 12.1 Å². The third-order valence-corrected chi connectivity index (χ3v) is 13.2. The Kier molecular flexibility index (Phi) is 18.1. The molecule has 0 saturated heterocycles. The normalized spacial score (nSPS) is 11.7. The van der Waals surface area contributed by atoms with Gasteiger partial charge in [-0.2, -0.15) is 10.2 Å². The van der Waals surface area contributed by atoms with Crippen LogP contribution in [0, 0.1) is 27.7 Å². The average Bonchev–Trinajstić information content (AvgIpc) is 4.23. The van der Waals surface area contributed by atoms with Crippen molar-refractivity contribution in [3.8, 4) is 0 Å². The Morgan fingerprint density at radius 2 is 0.946 bits per heavy atom. The molecule has 6 heterocycles. The first kappa shape index (κ1) is 53.2. The van der Waals surface area contributed by atoms with Gasteiger partial charge < -0.3 is 42.1 Å². The van der Waals surface area contributed by atoms with E-state index in [0.29, 0.717) is 57.5 Å². The lowest BCUT2D eigenvalue weighted by Crippen LogP contribution is -2.48. The molecule has 4 amide bonds. The van der Waals surface area contributed by atoms with Gasteiger partial charge in [-0.05, 0) is 99.5 Å². The molecule has 0 saturated carbocycles. The van der Waals surface area contributed by atoms with E-state index < -0.39 is 47.7 Å². The predicted molar refractivity (Wildman–Crippen MR) is 280 cm³/mol. The van der Waals surface area contributed by atoms with E-state index in [4.69, 9.17) is 0 Å². The van der Waals surface area contributed by atoms with Gasteiger partial charge in [-0.15, -0.1) is 22.7 Å². The lowest BCUT2D eigenvalue weighted by atomic mass is 10.1. The third-order valence-electron chi connectivity index (χ3n) is 11.5. The molecular formula is C50H54N14O8S2. The number of aromatic amines is 2. The number of benzene rings is 2. The predicted octanol–water partition coefficient (Wildman–Crippen LogP) is 5.38. The fourth-order valence-corrected chi connectivity index (χ4v) is 9.03. The number of carbonyl (C=O) groups excluding carboxylic acids is 4. The number of carbonyl (C=O) groups is 6. The molecule has 0 fully saturated rings. The molecule has 74 heavy (non-hydrogen) atoms. The SMILES string of the molecule is Cc1nc(NCCCc2ccc3cn[nH]c3c2)nc(C)c1C(=O)N[C@@H](CNC(=O)c1cccs1)C(=O)O.Cc1nc(NCCCc2ccc3cn[nH]c3c2)nc(C)c1C(=O)N[C@@H](CNC(=O)c1cccs1)C(=O)O. The van der Waals surface area contributed by atoms with Crippen molar-refractivity contribution in [2.24, 2.45) is 0 Å². The van der Waals surface area contributed by atoms with E-state index in [0.717, 1.165) is 47.5 Å². The van der Waals surface area contributed by atoms with E-state index in [2.05, 4.69) is 96.5 Å². The number of fused-ring (bicyclic) bond motifs is 2. The highest BCUT2D eigenvalue weighted by Gasteiger charge is 2.26. The highest BCUT2D eigenvalue weighted by Crippen LogP contribution is 2.18. The summed E-state index contributed by atoms with van der Waals surface area (Å²) in [6.45, 7) is 7.43. The molecule has 24 heteroatoms. The molecule has 2 atom stereocenters. The summed E-state index contributed by atoms with van der Waals surface area (Å²) in [6, 6.07) is 16.5. The fraction of sp³-hybridized carbons (Fsp3) is 0.280. The summed E-state index contributed by atoms with van der Waals surface area (Å²) >= 11 is 2.48. The van der Waals surface area contributed by atoms with Gasteiger partial charge in [0.05, 0.1) is 67.1 Å². The van der Waals surface area contributed by atoms with Crippen molar-refractivity contribution < 1.29 is 39.0 Å². The maximum Gasteiger partial charge on any atom is 0.328 e. The third kappa shape index (κ3) is 14.3. The second-order valence-corrected chi connectivity index (χ2v) is 18.8. The van der Waals surface area contributed by atoms with Crippen LogP contribution in [0.25, 0.3) is 21.8 Å². The summed E-state index contributed by atoms with van der Waals surface area (Å²) in [5.74, 6) is -3.77. The second-order valence-electron chi connectivity index (χ2n) is 16.9. The topological polar surface area (TPSA) is 324 Å². The minimum Gasteiger partial charge on any atom is -0.480 e. The Balaban J connectivity index is 0.000000216. The van der Waals surface area contributed by atoms with Crippen LogP contribution in [0.1, 0.15) is 86.8 Å². The van der Waals surface area contributed by atoms with Crippen LogP contribution in [0.4, 0.5) is 11.9 Å². The number of rotatable bonds is 22. The highest BCUT2D eigenvalue weighted by molar-refractivity contribution is 7.12. The number of nitrogens with zero attached hydrogens (tertiary/aromatic N) is 6. The molecule has 6 aromatic heterocycles. The fourth-order valence-electron chi connectivity index (χ4n) is 7.75. The molecule has 10 N–H and O–H groups in total. The van der Waals surface area contributed by atoms with Crippen molar-refractivity contribution in [3.63, 3.8) is 0 Å². The quantitative estimate of drug-likeness (QED) is 0.0381. The molecular weight excluding hydrogens is 989 g/mol. The van der Waals surface area contributed by atoms with Crippen LogP contribution in [0.2, 0.25) is 0 Å². The number of hydrogen-bond acceptors (Lipinski definition) is 16. The Labute approximate surface area is 431 Å². The summed E-state index contributed by atoms with van der Waals surface area (Å²) in [4.78, 5) is 91.8. The lowest BCUT2D eigenvalue weighted by molar-refractivity contribution is -0.140. The van der Waals surface area contributed by atoms with Crippen molar-refractivity contribution >= 4 is 91.9 Å². The number of carboxylic acids is 2. The van der Waals surface area contributed by atoms with Gasteiger partial charge in [-0.3, -0.25) is 29.4 Å². The van der Waals surface area contributed by atoms with E-state index in [-0.39, 0.29) is 24.2 Å². The molecule has 22 nitrogen and oxygen atoms in total. The number of nitrogens with one attached hydrogen (secondary N) is 8. The first-order valence-corrected chi connectivity index (χ1v) is 25.1. The molecule has 8 rings (SSSR count). The van der Waals surface area contributed by atoms with Crippen molar-refractivity contribution in [2.75, 3.05) is 36.8 Å². The van der Waals surface area contributed by atoms with Gasteiger partial charge in [0.2, 0.25) is 11.9 Å². The summed E-state index contributed by atoms with van der Waals surface area (Å²) in [5, 5.41) is 55.1. The average molecular weight is 1040 g/mol. The van der Waals surface area contributed by atoms with Crippen molar-refractivity contribution in [3.05, 3.63) is 139 Å². The molecule has 0 unspecified atom stereocenters. The molecule has 0 bridgehead atoms. The number of carboxylic acid groups (broad SMARTS) is 2. The molecule has 0 aliphatic rings. The Hall–Kier alpha value is -8.64. The minimum atomic E-state index is -1.31. The zero-order chi connectivity index (χ0) is 52.7. The van der Waals surface area contributed by atoms with Crippen molar-refractivity contribution in [1.82, 2.24) is 61.6 Å². The van der Waals surface area contributed by atoms with Crippen LogP contribution in [0.15, 0.2) is 83.8 Å². The first-order valence-electron chi connectivity index (χ1n) is 23.4. The van der Waals surface area contributed by atoms with Crippen LogP contribution < -0.4 is 31.9 Å². The number of thiophene rings is 2. The maximum absolute atomic E-state index is 12.9. The summed E-state index contributed by atoms with van der Waals surface area (Å²) in [5.41, 5.74) is 6.48. The maximum atomic E-state index is 12.9. The highest BCUT2D eigenvalue weighted by atomic mass is 32.1. The van der Waals surface area contributed by atoms with E-state index >= 15 is 0 Å². The molecule has 8 aromatic rings. The van der Waals surface area contributed by atoms with Crippen LogP contribution >= 0.6 is 22.7 Å². The van der Waals surface area contributed by atoms with Gasteiger partial charge >= 0.3 is 11.9 Å².